The topological polar surface area (TPSA) is 52.0 Å². The van der Waals surface area contributed by atoms with Crippen molar-refractivity contribution in [3.8, 4) is 0 Å². The van der Waals surface area contributed by atoms with Crippen LogP contribution >= 0.6 is 0 Å². The van der Waals surface area contributed by atoms with E-state index in [1.165, 1.54) is 43.8 Å². The van der Waals surface area contributed by atoms with Crippen molar-refractivity contribution in [3.05, 3.63) is 52.1 Å². The number of nitrogens with zero attached hydrogens (tertiary/aromatic N) is 1. The van der Waals surface area contributed by atoms with Gasteiger partial charge >= 0.3 is 0 Å². The van der Waals surface area contributed by atoms with Crippen LogP contribution in [0.4, 0.5) is 5.69 Å². The minimum absolute atomic E-state index is 0.257. The third-order valence-corrected chi connectivity index (χ3v) is 5.25. The number of nitro benzene ring substituents is 1. The number of piperazine rings is 1. The molecule has 0 spiro atoms. The molecular weight excluding hydrogens is 290 g/mol. The van der Waals surface area contributed by atoms with Gasteiger partial charge < -0.3 is 9.80 Å². The van der Waals surface area contributed by atoms with Gasteiger partial charge in [0.15, 0.2) is 0 Å². The lowest BCUT2D eigenvalue weighted by Crippen LogP contribution is -3.27. The van der Waals surface area contributed by atoms with Crippen LogP contribution in [-0.2, 0) is 6.54 Å². The number of rotatable bonds is 5. The van der Waals surface area contributed by atoms with Gasteiger partial charge in [-0.1, -0.05) is 24.3 Å². The maximum atomic E-state index is 11.1. The van der Waals surface area contributed by atoms with Gasteiger partial charge in [-0.3, -0.25) is 10.1 Å². The highest BCUT2D eigenvalue weighted by Crippen LogP contribution is 2.17. The van der Waals surface area contributed by atoms with Crippen LogP contribution in [0.3, 0.4) is 0 Å². The average molecular weight is 317 g/mol. The van der Waals surface area contributed by atoms with E-state index in [2.05, 4.69) is 12.2 Å². The first-order valence-electron chi connectivity index (χ1n) is 8.77. The summed E-state index contributed by atoms with van der Waals surface area (Å²) in [4.78, 5) is 14.1. The molecule has 5 nitrogen and oxygen atoms in total. The van der Waals surface area contributed by atoms with Crippen LogP contribution in [0.1, 0.15) is 24.8 Å². The second kappa shape index (κ2) is 7.70. The first-order chi connectivity index (χ1) is 11.2. The molecule has 1 aliphatic heterocycles. The molecule has 1 atom stereocenters. The molecule has 2 aliphatic rings. The highest BCUT2D eigenvalue weighted by molar-refractivity contribution is 5.39. The molecule has 1 fully saturated rings. The maximum Gasteiger partial charge on any atom is 0.278 e. The molecule has 23 heavy (non-hydrogen) atoms. The van der Waals surface area contributed by atoms with Crippen molar-refractivity contribution in [3.63, 3.8) is 0 Å². The van der Waals surface area contributed by atoms with Crippen LogP contribution in [0.5, 0.6) is 0 Å². The van der Waals surface area contributed by atoms with Crippen molar-refractivity contribution in [2.75, 3.05) is 32.7 Å². The Hall–Kier alpha value is -1.72. The molecule has 0 saturated carbocycles. The summed E-state index contributed by atoms with van der Waals surface area (Å²) in [5.74, 6) is 0.853. The zero-order chi connectivity index (χ0) is 16.1. The van der Waals surface area contributed by atoms with E-state index < -0.39 is 0 Å². The largest absolute Gasteiger partial charge is 0.325 e. The number of hydrogen-bond donors (Lipinski definition) is 2. The van der Waals surface area contributed by atoms with Gasteiger partial charge in [0.2, 0.25) is 0 Å². The number of benzene rings is 1. The maximum absolute atomic E-state index is 11.1. The van der Waals surface area contributed by atoms with Crippen LogP contribution in [0.15, 0.2) is 36.4 Å². The second-order valence-electron chi connectivity index (χ2n) is 6.92. The lowest BCUT2D eigenvalue weighted by Gasteiger charge is -2.32. The number of hydrogen-bond acceptors (Lipinski definition) is 2. The van der Waals surface area contributed by atoms with Gasteiger partial charge in [0.1, 0.15) is 32.7 Å². The van der Waals surface area contributed by atoms with Crippen molar-refractivity contribution in [2.45, 2.75) is 25.8 Å². The molecule has 1 unspecified atom stereocenters. The summed E-state index contributed by atoms with van der Waals surface area (Å²) in [6.07, 6.45) is 8.47. The molecular formula is C18H27N3O2+2. The number of nitrogens with one attached hydrogen (secondary N) is 2. The Morgan fingerprint density at radius 1 is 1.09 bits per heavy atom. The molecule has 0 amide bonds. The van der Waals surface area contributed by atoms with Gasteiger partial charge in [0.25, 0.3) is 5.69 Å². The van der Waals surface area contributed by atoms with Gasteiger partial charge in [0.05, 0.1) is 17.0 Å². The standard InChI is InChI=1S/C18H25N3O2/c22-21(23)18-9-5-4-8-17(18)15-20-12-10-19(11-13-20)14-16-6-2-1-3-7-16/h1-2,4-5,8-9,16H,3,6-7,10-15H2/p+2. The predicted molar refractivity (Wildman–Crippen MR) is 89.5 cm³/mol. The van der Waals surface area contributed by atoms with Gasteiger partial charge in [-0.25, -0.2) is 0 Å². The summed E-state index contributed by atoms with van der Waals surface area (Å²) < 4.78 is 0. The molecule has 124 valence electrons. The van der Waals surface area contributed by atoms with Gasteiger partial charge in [0, 0.05) is 12.0 Å². The highest BCUT2D eigenvalue weighted by Gasteiger charge is 2.27. The Bertz CT molecular complexity index is 565. The lowest BCUT2D eigenvalue weighted by atomic mass is 9.94. The van der Waals surface area contributed by atoms with Crippen molar-refractivity contribution < 1.29 is 14.7 Å². The molecule has 0 bridgehead atoms. The van der Waals surface area contributed by atoms with Gasteiger partial charge in [-0.15, -0.1) is 0 Å². The van der Waals surface area contributed by atoms with Crippen molar-refractivity contribution in [1.29, 1.82) is 0 Å². The van der Waals surface area contributed by atoms with Crippen molar-refractivity contribution >= 4 is 5.69 Å². The van der Waals surface area contributed by atoms with Crippen LogP contribution in [0, 0.1) is 16.0 Å². The van der Waals surface area contributed by atoms with Crippen LogP contribution in [0.2, 0.25) is 0 Å². The average Bonchev–Trinajstić information content (AvgIpc) is 2.58. The second-order valence-corrected chi connectivity index (χ2v) is 6.92. The van der Waals surface area contributed by atoms with Gasteiger partial charge in [-0.2, -0.15) is 0 Å². The molecule has 1 aromatic carbocycles. The Labute approximate surface area is 137 Å². The molecule has 3 rings (SSSR count). The smallest absolute Gasteiger partial charge is 0.278 e. The van der Waals surface area contributed by atoms with Crippen LogP contribution < -0.4 is 9.80 Å². The Kier molecular flexibility index (Phi) is 5.41. The van der Waals surface area contributed by atoms with E-state index in [0.29, 0.717) is 0 Å². The Morgan fingerprint density at radius 2 is 1.83 bits per heavy atom. The molecule has 0 aromatic heterocycles. The van der Waals surface area contributed by atoms with E-state index in [-0.39, 0.29) is 10.6 Å². The van der Waals surface area contributed by atoms with E-state index in [9.17, 15) is 10.1 Å². The first kappa shape index (κ1) is 16.1. The predicted octanol–water partition coefficient (Wildman–Crippen LogP) is 0.235. The molecule has 5 heteroatoms. The third kappa shape index (κ3) is 4.39. The molecule has 1 saturated heterocycles. The zero-order valence-corrected chi connectivity index (χ0v) is 13.7. The molecule has 0 radical (unpaired) electrons. The Morgan fingerprint density at radius 3 is 2.52 bits per heavy atom. The number of allylic oxidation sites excluding steroid dienone is 2. The van der Waals surface area contributed by atoms with Crippen LogP contribution in [-0.4, -0.2) is 37.6 Å². The zero-order valence-electron chi connectivity index (χ0n) is 13.7. The summed E-state index contributed by atoms with van der Waals surface area (Å²) in [6, 6.07) is 7.17. The summed E-state index contributed by atoms with van der Waals surface area (Å²) >= 11 is 0. The fourth-order valence-electron chi connectivity index (χ4n) is 3.90. The van der Waals surface area contributed by atoms with Gasteiger partial charge in [-0.05, 0) is 25.3 Å². The summed E-state index contributed by atoms with van der Waals surface area (Å²) in [5.41, 5.74) is 1.14. The highest BCUT2D eigenvalue weighted by atomic mass is 16.6. The molecule has 2 N–H and O–H groups in total. The summed E-state index contributed by atoms with van der Waals surface area (Å²) in [6.45, 7) is 6.68. The SMILES string of the molecule is O=[N+]([O-])c1ccccc1C[NH+]1CC[NH+](CC2CC=CCC2)CC1. The molecule has 1 heterocycles. The van der Waals surface area contributed by atoms with E-state index in [0.717, 1.165) is 31.1 Å². The van der Waals surface area contributed by atoms with E-state index in [1.807, 2.05) is 12.1 Å². The fraction of sp³-hybridized carbons (Fsp3) is 0.556. The van der Waals surface area contributed by atoms with E-state index in [4.69, 9.17) is 0 Å². The molecule has 1 aliphatic carbocycles. The molecule has 1 aromatic rings. The number of nitro groups is 1. The van der Waals surface area contributed by atoms with Crippen molar-refractivity contribution in [1.82, 2.24) is 0 Å². The van der Waals surface area contributed by atoms with E-state index >= 15 is 0 Å². The normalized spacial score (nSPS) is 27.7. The Balaban J connectivity index is 1.49. The summed E-state index contributed by atoms with van der Waals surface area (Å²) in [7, 11) is 0. The monoisotopic (exact) mass is 317 g/mol. The number of para-hydroxylation sites is 1. The lowest BCUT2D eigenvalue weighted by molar-refractivity contribution is -1.02. The third-order valence-electron chi connectivity index (χ3n) is 5.25. The minimum Gasteiger partial charge on any atom is -0.325 e. The van der Waals surface area contributed by atoms with Crippen molar-refractivity contribution in [2.24, 2.45) is 5.92 Å². The minimum atomic E-state index is -0.257. The van der Waals surface area contributed by atoms with Crippen LogP contribution in [0.25, 0.3) is 0 Å². The quantitative estimate of drug-likeness (QED) is 0.464. The fourth-order valence-corrected chi connectivity index (χ4v) is 3.90. The first-order valence-corrected chi connectivity index (χ1v) is 8.77. The summed E-state index contributed by atoms with van der Waals surface area (Å²) in [5, 5.41) is 11.1. The van der Waals surface area contributed by atoms with E-state index in [1.54, 1.807) is 17.0 Å². The number of quaternary nitrogens is 2.